The Morgan fingerprint density at radius 2 is 2.00 bits per heavy atom. The second-order valence-corrected chi connectivity index (χ2v) is 4.46. The maximum atomic E-state index is 12.9. The van der Waals surface area contributed by atoms with E-state index in [0.717, 1.165) is 6.20 Å². The minimum absolute atomic E-state index is 0.388. The van der Waals surface area contributed by atoms with Gasteiger partial charge in [-0.1, -0.05) is 36.7 Å². The summed E-state index contributed by atoms with van der Waals surface area (Å²) in [6.45, 7) is 1.83. The van der Waals surface area contributed by atoms with Crippen LogP contribution in [-0.4, -0.2) is 10.1 Å². The van der Waals surface area contributed by atoms with Gasteiger partial charge in [0.15, 0.2) is 0 Å². The molecule has 0 radical (unpaired) electrons. The normalized spacial score (nSPS) is 14.2. The molecule has 1 aromatic carbocycles. The van der Waals surface area contributed by atoms with Crippen LogP contribution in [0.1, 0.15) is 24.6 Å². The molecule has 0 aliphatic rings. The van der Waals surface area contributed by atoms with Crippen LogP contribution in [0, 0.1) is 5.82 Å². The fourth-order valence-electron chi connectivity index (χ4n) is 1.93. The fourth-order valence-corrected chi connectivity index (χ4v) is 2.22. The molecule has 0 saturated carbocycles. The summed E-state index contributed by atoms with van der Waals surface area (Å²) < 4.78 is 12.9. The van der Waals surface area contributed by atoms with E-state index in [1.807, 2.05) is 6.92 Å². The third-order valence-corrected chi connectivity index (χ3v) is 3.31. The number of hydrogen-bond donors (Lipinski definition) is 1. The van der Waals surface area contributed by atoms with Crippen LogP contribution in [0.5, 0.6) is 0 Å². The maximum Gasteiger partial charge on any atom is 0.141 e. The Hall–Kier alpha value is -1.45. The highest BCUT2D eigenvalue weighted by atomic mass is 35.5. The van der Waals surface area contributed by atoms with Crippen molar-refractivity contribution in [2.24, 2.45) is 0 Å². The number of pyridine rings is 1. The van der Waals surface area contributed by atoms with Crippen LogP contribution in [0.3, 0.4) is 0 Å². The summed E-state index contributed by atoms with van der Waals surface area (Å²) in [5.41, 5.74) is -0.334. The number of benzene rings is 1. The summed E-state index contributed by atoms with van der Waals surface area (Å²) >= 11 is 6.11. The van der Waals surface area contributed by atoms with Gasteiger partial charge in [0, 0.05) is 10.6 Å². The van der Waals surface area contributed by atoms with Gasteiger partial charge in [-0.15, -0.1) is 0 Å². The molecule has 0 aliphatic carbocycles. The van der Waals surface area contributed by atoms with Crippen molar-refractivity contribution < 1.29 is 9.50 Å². The van der Waals surface area contributed by atoms with Crippen LogP contribution in [0.25, 0.3) is 0 Å². The van der Waals surface area contributed by atoms with E-state index in [2.05, 4.69) is 4.98 Å². The largest absolute Gasteiger partial charge is 0.379 e. The van der Waals surface area contributed by atoms with E-state index in [9.17, 15) is 9.50 Å². The molecule has 0 bridgehead atoms. The van der Waals surface area contributed by atoms with Crippen LogP contribution in [0.2, 0.25) is 5.02 Å². The Labute approximate surface area is 110 Å². The van der Waals surface area contributed by atoms with Crippen molar-refractivity contribution in [1.29, 1.82) is 0 Å². The van der Waals surface area contributed by atoms with E-state index < -0.39 is 11.4 Å². The molecule has 1 heterocycles. The van der Waals surface area contributed by atoms with Crippen LogP contribution < -0.4 is 0 Å². The predicted molar refractivity (Wildman–Crippen MR) is 68.9 cm³/mol. The monoisotopic (exact) mass is 265 g/mol. The van der Waals surface area contributed by atoms with Crippen LogP contribution >= 0.6 is 11.6 Å². The SMILES string of the molecule is CCC(O)(c1ccc(F)cn1)c1ccccc1Cl. The molecule has 0 spiro atoms. The number of halogens is 2. The Balaban J connectivity index is 2.55. The molecule has 1 aromatic heterocycles. The molecule has 1 atom stereocenters. The number of aliphatic hydroxyl groups is 1. The quantitative estimate of drug-likeness (QED) is 0.921. The van der Waals surface area contributed by atoms with Crippen molar-refractivity contribution in [2.45, 2.75) is 18.9 Å². The predicted octanol–water partition coefficient (Wildman–Crippen LogP) is 3.52. The van der Waals surface area contributed by atoms with Crippen molar-refractivity contribution in [3.05, 3.63) is 64.7 Å². The standard InChI is InChI=1S/C14H13ClFNO/c1-2-14(18,11-5-3-4-6-12(11)15)13-8-7-10(16)9-17-13/h3-9,18H,2H2,1H3. The smallest absolute Gasteiger partial charge is 0.141 e. The van der Waals surface area contributed by atoms with E-state index in [0.29, 0.717) is 22.7 Å². The molecule has 4 heteroatoms. The second-order valence-electron chi connectivity index (χ2n) is 4.06. The zero-order valence-corrected chi connectivity index (χ0v) is 10.7. The summed E-state index contributed by atoms with van der Waals surface area (Å²) in [5, 5.41) is 11.2. The lowest BCUT2D eigenvalue weighted by molar-refractivity contribution is 0.0719. The third-order valence-electron chi connectivity index (χ3n) is 2.98. The van der Waals surface area contributed by atoms with E-state index in [1.165, 1.54) is 12.1 Å². The highest BCUT2D eigenvalue weighted by Crippen LogP contribution is 2.35. The summed E-state index contributed by atoms with van der Waals surface area (Å²) in [7, 11) is 0. The first-order chi connectivity index (χ1) is 8.58. The van der Waals surface area contributed by atoms with Crippen molar-refractivity contribution in [1.82, 2.24) is 4.98 Å². The molecule has 18 heavy (non-hydrogen) atoms. The van der Waals surface area contributed by atoms with Gasteiger partial charge >= 0.3 is 0 Å². The minimum atomic E-state index is -1.30. The van der Waals surface area contributed by atoms with Gasteiger partial charge in [0.05, 0.1) is 11.9 Å². The van der Waals surface area contributed by atoms with Gasteiger partial charge in [0.1, 0.15) is 11.4 Å². The van der Waals surface area contributed by atoms with E-state index >= 15 is 0 Å². The highest BCUT2D eigenvalue weighted by Gasteiger charge is 2.32. The van der Waals surface area contributed by atoms with Gasteiger partial charge in [0.2, 0.25) is 0 Å². The van der Waals surface area contributed by atoms with Crippen LogP contribution in [0.4, 0.5) is 4.39 Å². The molecule has 0 fully saturated rings. The molecule has 94 valence electrons. The Kier molecular flexibility index (Phi) is 3.64. The Morgan fingerprint density at radius 3 is 2.56 bits per heavy atom. The van der Waals surface area contributed by atoms with Crippen molar-refractivity contribution in [3.63, 3.8) is 0 Å². The first-order valence-electron chi connectivity index (χ1n) is 5.67. The Morgan fingerprint density at radius 1 is 1.28 bits per heavy atom. The van der Waals surface area contributed by atoms with Gasteiger partial charge in [-0.25, -0.2) is 4.39 Å². The van der Waals surface area contributed by atoms with Crippen LogP contribution in [-0.2, 0) is 5.60 Å². The second kappa shape index (κ2) is 5.04. The van der Waals surface area contributed by atoms with Crippen molar-refractivity contribution in [2.75, 3.05) is 0 Å². The van der Waals surface area contributed by atoms with Gasteiger partial charge in [-0.2, -0.15) is 0 Å². The lowest BCUT2D eigenvalue weighted by Gasteiger charge is -2.27. The number of rotatable bonds is 3. The summed E-state index contributed by atoms with van der Waals surface area (Å²) in [6, 6.07) is 9.80. The zero-order valence-electron chi connectivity index (χ0n) is 9.90. The Bertz CT molecular complexity index is 544. The van der Waals surface area contributed by atoms with E-state index in [4.69, 9.17) is 11.6 Å². The number of nitrogens with zero attached hydrogens (tertiary/aromatic N) is 1. The molecular weight excluding hydrogens is 253 g/mol. The summed E-state index contributed by atoms with van der Waals surface area (Å²) in [6.07, 6.45) is 1.49. The number of hydrogen-bond acceptors (Lipinski definition) is 2. The average Bonchev–Trinajstić information content (AvgIpc) is 2.39. The molecule has 2 rings (SSSR count). The van der Waals surface area contributed by atoms with Crippen molar-refractivity contribution in [3.8, 4) is 0 Å². The van der Waals surface area contributed by atoms with Crippen LogP contribution in [0.15, 0.2) is 42.6 Å². The molecule has 1 N–H and O–H groups in total. The molecule has 0 amide bonds. The molecule has 2 nitrogen and oxygen atoms in total. The van der Waals surface area contributed by atoms with Gasteiger partial charge in [-0.3, -0.25) is 4.98 Å². The minimum Gasteiger partial charge on any atom is -0.379 e. The molecule has 1 unspecified atom stereocenters. The van der Waals surface area contributed by atoms with Gasteiger partial charge < -0.3 is 5.11 Å². The fraction of sp³-hybridized carbons (Fsp3) is 0.214. The van der Waals surface area contributed by atoms with E-state index in [1.54, 1.807) is 24.3 Å². The number of aromatic nitrogens is 1. The van der Waals surface area contributed by atoms with Gasteiger partial charge in [0.25, 0.3) is 0 Å². The molecule has 0 saturated heterocycles. The molecular formula is C14H13ClFNO. The zero-order chi connectivity index (χ0) is 13.2. The van der Waals surface area contributed by atoms with Crippen molar-refractivity contribution >= 4 is 11.6 Å². The molecule has 2 aromatic rings. The topological polar surface area (TPSA) is 33.1 Å². The lowest BCUT2D eigenvalue weighted by atomic mass is 9.87. The first kappa shape index (κ1) is 13.0. The lowest BCUT2D eigenvalue weighted by Crippen LogP contribution is -2.28. The third kappa shape index (κ3) is 2.24. The summed E-state index contributed by atoms with van der Waals surface area (Å²) in [4.78, 5) is 3.96. The molecule has 0 aliphatic heterocycles. The summed E-state index contributed by atoms with van der Waals surface area (Å²) in [5.74, 6) is -0.434. The first-order valence-corrected chi connectivity index (χ1v) is 6.05. The highest BCUT2D eigenvalue weighted by molar-refractivity contribution is 6.31. The maximum absolute atomic E-state index is 12.9. The van der Waals surface area contributed by atoms with Gasteiger partial charge in [-0.05, 0) is 24.6 Å². The average molecular weight is 266 g/mol. The van der Waals surface area contributed by atoms with E-state index in [-0.39, 0.29) is 0 Å².